The number of aromatic nitrogens is 2. The second kappa shape index (κ2) is 6.31. The fourth-order valence-electron chi connectivity index (χ4n) is 2.64. The molecule has 0 spiro atoms. The van der Waals surface area contributed by atoms with Crippen molar-refractivity contribution in [2.45, 2.75) is 6.04 Å². The molecule has 25 heavy (non-hydrogen) atoms. The number of likely N-dealkylation sites (N-methyl/N-ethyl adjacent to an activating group) is 1. The Hall–Kier alpha value is -3.29. The molecule has 8 heteroatoms. The predicted molar refractivity (Wildman–Crippen MR) is 84.9 cm³/mol. The Kier molecular flexibility index (Phi) is 4.18. The van der Waals surface area contributed by atoms with Gasteiger partial charge in [-0.05, 0) is 24.3 Å². The number of carbonyl (C=O) groups is 2. The highest BCUT2D eigenvalue weighted by molar-refractivity contribution is 6.05. The third-order valence-corrected chi connectivity index (χ3v) is 3.87. The molecule has 1 amide bonds. The van der Waals surface area contributed by atoms with Crippen molar-refractivity contribution >= 4 is 22.8 Å². The van der Waals surface area contributed by atoms with Crippen LogP contribution in [0.3, 0.4) is 0 Å². The van der Waals surface area contributed by atoms with E-state index >= 15 is 0 Å². The van der Waals surface area contributed by atoms with Crippen LogP contribution in [-0.4, -0.2) is 39.1 Å². The van der Waals surface area contributed by atoms with E-state index in [4.69, 9.17) is 0 Å². The standard InChI is InChI=1S/C17H13F2N3O3/c1-22(15(17(24)25)11-8-9(18)6-7-12(11)19)16(23)14-10-4-2-3-5-13(10)20-21-14/h2-8,15H,1H3,(H,20,21)(H,24,25). The van der Waals surface area contributed by atoms with E-state index in [2.05, 4.69) is 10.2 Å². The second-order valence-electron chi connectivity index (χ2n) is 5.44. The van der Waals surface area contributed by atoms with E-state index in [1.54, 1.807) is 24.3 Å². The summed E-state index contributed by atoms with van der Waals surface area (Å²) < 4.78 is 27.4. The summed E-state index contributed by atoms with van der Waals surface area (Å²) in [5, 5.41) is 16.6. The van der Waals surface area contributed by atoms with E-state index in [1.807, 2.05) is 0 Å². The van der Waals surface area contributed by atoms with Crippen LogP contribution < -0.4 is 0 Å². The smallest absolute Gasteiger partial charge is 0.331 e. The van der Waals surface area contributed by atoms with E-state index in [0.29, 0.717) is 10.9 Å². The van der Waals surface area contributed by atoms with Gasteiger partial charge in [0.25, 0.3) is 5.91 Å². The number of carboxylic acids is 1. The summed E-state index contributed by atoms with van der Waals surface area (Å²) in [7, 11) is 1.20. The minimum absolute atomic E-state index is 0.00108. The van der Waals surface area contributed by atoms with Crippen LogP contribution in [0.2, 0.25) is 0 Å². The molecule has 0 aliphatic carbocycles. The van der Waals surface area contributed by atoms with E-state index in [-0.39, 0.29) is 5.69 Å². The highest BCUT2D eigenvalue weighted by atomic mass is 19.1. The number of hydrogen-bond acceptors (Lipinski definition) is 3. The maximum atomic E-state index is 14.0. The molecule has 2 N–H and O–H groups in total. The number of rotatable bonds is 4. The van der Waals surface area contributed by atoms with Gasteiger partial charge in [-0.3, -0.25) is 9.89 Å². The lowest BCUT2D eigenvalue weighted by atomic mass is 10.0. The molecule has 1 atom stereocenters. The Bertz CT molecular complexity index is 971. The van der Waals surface area contributed by atoms with E-state index in [0.717, 1.165) is 23.1 Å². The highest BCUT2D eigenvalue weighted by Gasteiger charge is 2.33. The van der Waals surface area contributed by atoms with Crippen LogP contribution in [0.1, 0.15) is 22.1 Å². The molecule has 0 bridgehead atoms. The monoisotopic (exact) mass is 345 g/mol. The molecule has 3 rings (SSSR count). The minimum Gasteiger partial charge on any atom is -0.479 e. The number of carboxylic acid groups (broad SMARTS) is 1. The average Bonchev–Trinajstić information content (AvgIpc) is 3.01. The lowest BCUT2D eigenvalue weighted by Gasteiger charge is -2.25. The first-order valence-electron chi connectivity index (χ1n) is 7.28. The van der Waals surface area contributed by atoms with Crippen molar-refractivity contribution in [3.63, 3.8) is 0 Å². The Morgan fingerprint density at radius 2 is 1.92 bits per heavy atom. The average molecular weight is 345 g/mol. The van der Waals surface area contributed by atoms with Crippen LogP contribution in [-0.2, 0) is 4.79 Å². The molecule has 1 unspecified atom stereocenters. The maximum absolute atomic E-state index is 14.0. The van der Waals surface area contributed by atoms with E-state index < -0.39 is 35.1 Å². The summed E-state index contributed by atoms with van der Waals surface area (Å²) in [6.07, 6.45) is 0. The third-order valence-electron chi connectivity index (χ3n) is 3.87. The fraction of sp³-hybridized carbons (Fsp3) is 0.118. The number of nitrogens with one attached hydrogen (secondary N) is 1. The van der Waals surface area contributed by atoms with Gasteiger partial charge >= 0.3 is 5.97 Å². The molecule has 2 aromatic carbocycles. The number of para-hydroxylation sites is 1. The van der Waals surface area contributed by atoms with Gasteiger partial charge in [0.1, 0.15) is 11.6 Å². The van der Waals surface area contributed by atoms with Gasteiger partial charge in [0.15, 0.2) is 11.7 Å². The first-order valence-corrected chi connectivity index (χ1v) is 7.28. The molecule has 128 valence electrons. The molecular formula is C17H13F2N3O3. The fourth-order valence-corrected chi connectivity index (χ4v) is 2.64. The number of aliphatic carboxylic acids is 1. The normalized spacial score (nSPS) is 12.1. The van der Waals surface area contributed by atoms with Crippen molar-refractivity contribution in [2.24, 2.45) is 0 Å². The zero-order valence-electron chi connectivity index (χ0n) is 13.0. The number of benzene rings is 2. The van der Waals surface area contributed by atoms with Gasteiger partial charge < -0.3 is 10.0 Å². The zero-order valence-corrected chi connectivity index (χ0v) is 13.0. The van der Waals surface area contributed by atoms with Crippen molar-refractivity contribution in [3.05, 3.63) is 65.4 Å². The van der Waals surface area contributed by atoms with E-state index in [1.165, 1.54) is 7.05 Å². The molecule has 0 aliphatic heterocycles. The molecule has 3 aromatic rings. The summed E-state index contributed by atoms with van der Waals surface area (Å²) in [6.45, 7) is 0. The van der Waals surface area contributed by atoms with Crippen LogP contribution >= 0.6 is 0 Å². The van der Waals surface area contributed by atoms with Gasteiger partial charge in [-0.2, -0.15) is 5.10 Å². The van der Waals surface area contributed by atoms with Crippen molar-refractivity contribution in [2.75, 3.05) is 7.05 Å². The van der Waals surface area contributed by atoms with E-state index in [9.17, 15) is 23.5 Å². The number of nitrogens with zero attached hydrogens (tertiary/aromatic N) is 2. The molecule has 0 radical (unpaired) electrons. The number of fused-ring (bicyclic) bond motifs is 1. The van der Waals surface area contributed by atoms with Crippen LogP contribution in [0.4, 0.5) is 8.78 Å². The van der Waals surface area contributed by atoms with Crippen molar-refractivity contribution in [1.29, 1.82) is 0 Å². The first-order chi connectivity index (χ1) is 11.9. The van der Waals surface area contributed by atoms with Gasteiger partial charge in [-0.1, -0.05) is 18.2 Å². The summed E-state index contributed by atoms with van der Waals surface area (Å²) in [6, 6.07) is 7.58. The number of carbonyl (C=O) groups excluding carboxylic acids is 1. The molecule has 6 nitrogen and oxygen atoms in total. The van der Waals surface area contributed by atoms with Gasteiger partial charge in [0.2, 0.25) is 0 Å². The summed E-state index contributed by atoms with van der Waals surface area (Å²) in [5.41, 5.74) is 0.160. The van der Waals surface area contributed by atoms with Crippen molar-refractivity contribution in [1.82, 2.24) is 15.1 Å². The molecule has 1 heterocycles. The number of H-pyrrole nitrogens is 1. The van der Waals surface area contributed by atoms with Crippen LogP contribution in [0.15, 0.2) is 42.5 Å². The lowest BCUT2D eigenvalue weighted by Crippen LogP contribution is -2.36. The maximum Gasteiger partial charge on any atom is 0.331 e. The summed E-state index contributed by atoms with van der Waals surface area (Å²) >= 11 is 0. The zero-order chi connectivity index (χ0) is 18.1. The SMILES string of the molecule is CN(C(=O)c1n[nH]c2ccccc12)C(C(=O)O)c1cc(F)ccc1F. The minimum atomic E-state index is -1.70. The number of amides is 1. The van der Waals surface area contributed by atoms with Crippen molar-refractivity contribution < 1.29 is 23.5 Å². The number of aromatic amines is 1. The summed E-state index contributed by atoms with van der Waals surface area (Å²) in [5.74, 6) is -3.93. The molecule has 0 saturated carbocycles. The topological polar surface area (TPSA) is 86.3 Å². The lowest BCUT2D eigenvalue weighted by molar-refractivity contribution is -0.142. The van der Waals surface area contributed by atoms with Crippen LogP contribution in [0.5, 0.6) is 0 Å². The number of hydrogen-bond donors (Lipinski definition) is 2. The number of halogens is 2. The molecule has 0 aliphatic rings. The Morgan fingerprint density at radius 3 is 2.64 bits per heavy atom. The van der Waals surface area contributed by atoms with Crippen molar-refractivity contribution in [3.8, 4) is 0 Å². The summed E-state index contributed by atoms with van der Waals surface area (Å²) in [4.78, 5) is 25.2. The first kappa shape index (κ1) is 16.6. The van der Waals surface area contributed by atoms with Crippen LogP contribution in [0, 0.1) is 11.6 Å². The van der Waals surface area contributed by atoms with Gasteiger partial charge in [0.05, 0.1) is 5.52 Å². The third kappa shape index (κ3) is 2.93. The Labute approximate surface area is 140 Å². The quantitative estimate of drug-likeness (QED) is 0.761. The molecular weight excluding hydrogens is 332 g/mol. The predicted octanol–water partition coefficient (Wildman–Crippen LogP) is 2.74. The van der Waals surface area contributed by atoms with Crippen LogP contribution in [0.25, 0.3) is 10.9 Å². The highest BCUT2D eigenvalue weighted by Crippen LogP contribution is 2.26. The molecule has 0 fully saturated rings. The largest absolute Gasteiger partial charge is 0.479 e. The Morgan fingerprint density at radius 1 is 1.20 bits per heavy atom. The second-order valence-corrected chi connectivity index (χ2v) is 5.44. The van der Waals surface area contributed by atoms with Gasteiger partial charge in [-0.25, -0.2) is 13.6 Å². The molecule has 0 saturated heterocycles. The molecule has 1 aromatic heterocycles. The van der Waals surface area contributed by atoms with Gasteiger partial charge in [-0.15, -0.1) is 0 Å². The van der Waals surface area contributed by atoms with Gasteiger partial charge in [0, 0.05) is 18.0 Å². The Balaban J connectivity index is 2.04.